The molecule has 0 aromatic carbocycles. The van der Waals surface area contributed by atoms with Gasteiger partial charge < -0.3 is 10.2 Å². The molecule has 2 N–H and O–H groups in total. The molecule has 5 heteroatoms. The van der Waals surface area contributed by atoms with Crippen molar-refractivity contribution in [1.82, 2.24) is 0 Å². The van der Waals surface area contributed by atoms with Crippen molar-refractivity contribution in [2.75, 3.05) is 36.0 Å². The van der Waals surface area contributed by atoms with Gasteiger partial charge in [-0.05, 0) is 93.8 Å². The van der Waals surface area contributed by atoms with Crippen LogP contribution in [0, 0.1) is 41.9 Å². The molecule has 0 aromatic rings. The zero-order chi connectivity index (χ0) is 23.4. The summed E-state index contributed by atoms with van der Waals surface area (Å²) in [4.78, 5) is 0. The molecule has 3 saturated carbocycles. The monoisotopic (exact) mass is 496 g/mol. The van der Waals surface area contributed by atoms with Gasteiger partial charge in [-0.3, -0.25) is 0 Å². The summed E-state index contributed by atoms with van der Waals surface area (Å²) in [5.41, 5.74) is 1.03. The lowest BCUT2D eigenvalue weighted by atomic mass is 9.46. The Balaban J connectivity index is 0.00000119. The molecule has 0 bridgehead atoms. The second-order valence-corrected chi connectivity index (χ2v) is 19.5. The molecule has 1 aliphatic heterocycles. The molecule has 5 aliphatic rings. The number of rotatable bonds is 3. The highest BCUT2D eigenvalue weighted by Crippen LogP contribution is 2.68. The van der Waals surface area contributed by atoms with Gasteiger partial charge in [0.15, 0.2) is 0 Å². The molecule has 32 heavy (non-hydrogen) atoms. The Morgan fingerprint density at radius 1 is 1.09 bits per heavy atom. The Hall–Kier alpha value is 0.270. The van der Waals surface area contributed by atoms with E-state index in [1.54, 1.807) is 5.57 Å². The van der Waals surface area contributed by atoms with Crippen LogP contribution in [0.15, 0.2) is 11.6 Å². The predicted molar refractivity (Wildman–Crippen MR) is 146 cm³/mol. The number of terminal acetylenes is 1. The van der Waals surface area contributed by atoms with Crippen molar-refractivity contribution in [3.8, 4) is 12.8 Å². The molecule has 7 atom stereocenters. The Morgan fingerprint density at radius 3 is 2.41 bits per heavy atom. The van der Waals surface area contributed by atoms with Crippen molar-refractivity contribution in [2.24, 2.45) is 29.1 Å². The molecule has 0 amide bonds. The van der Waals surface area contributed by atoms with Crippen molar-refractivity contribution >= 4 is 33.6 Å². The summed E-state index contributed by atoms with van der Waals surface area (Å²) in [6.07, 6.45) is 26.6. The van der Waals surface area contributed by atoms with Gasteiger partial charge in [0.1, 0.15) is 0 Å². The average Bonchev–Trinajstić information content (AvgIpc) is 3.32. The van der Waals surface area contributed by atoms with E-state index in [1.165, 1.54) is 43.6 Å². The number of hydrogen-bond acceptors (Lipinski definition) is 4. The fourth-order valence-electron chi connectivity index (χ4n) is 8.66. The number of hydrogen-bond donors (Lipinski definition) is 2. The fraction of sp³-hybridized carbons (Fsp3) is 0.852. The highest BCUT2D eigenvalue weighted by atomic mass is 32.3. The number of thioether (sulfide) groups is 2. The summed E-state index contributed by atoms with van der Waals surface area (Å²) in [5.74, 6) is 5.74. The summed E-state index contributed by atoms with van der Waals surface area (Å²) in [7, 11) is -0.833. The molecular weight excluding hydrogens is 452 g/mol. The number of aliphatic hydroxyl groups excluding tert-OH is 1. The van der Waals surface area contributed by atoms with Crippen molar-refractivity contribution in [3.05, 3.63) is 11.6 Å². The minimum absolute atomic E-state index is 0.0468. The van der Waals surface area contributed by atoms with Crippen LogP contribution in [-0.2, 0) is 0 Å². The minimum Gasteiger partial charge on any atom is -0.393 e. The van der Waals surface area contributed by atoms with Gasteiger partial charge in [-0.25, -0.2) is 10.0 Å². The van der Waals surface area contributed by atoms with Crippen molar-refractivity contribution in [2.45, 2.75) is 74.1 Å². The third-order valence-corrected chi connectivity index (χ3v) is 14.2. The predicted octanol–water partition coefficient (Wildman–Crippen LogP) is 5.77. The zero-order valence-electron chi connectivity index (χ0n) is 20.5. The van der Waals surface area contributed by atoms with Crippen LogP contribution < -0.4 is 0 Å². The van der Waals surface area contributed by atoms with Crippen molar-refractivity contribution in [1.29, 1.82) is 0 Å². The Bertz CT molecular complexity index is 750. The van der Waals surface area contributed by atoms with Crippen LogP contribution in [0.4, 0.5) is 0 Å². The average molecular weight is 497 g/mol. The van der Waals surface area contributed by atoms with Gasteiger partial charge in [0.2, 0.25) is 0 Å². The Kier molecular flexibility index (Phi) is 7.17. The molecule has 2 nitrogen and oxygen atoms in total. The molecule has 1 saturated heterocycles. The van der Waals surface area contributed by atoms with E-state index >= 15 is 0 Å². The van der Waals surface area contributed by atoms with Crippen molar-refractivity contribution < 1.29 is 10.2 Å². The smallest absolute Gasteiger partial charge is 0.0794 e. The van der Waals surface area contributed by atoms with E-state index in [9.17, 15) is 10.2 Å². The van der Waals surface area contributed by atoms with Gasteiger partial charge in [-0.1, -0.05) is 18.6 Å². The molecule has 7 unspecified atom stereocenters. The second kappa shape index (κ2) is 9.05. The number of allylic oxidation sites excluding steroid dienone is 1. The summed E-state index contributed by atoms with van der Waals surface area (Å²) in [6.45, 7) is 2.28. The van der Waals surface area contributed by atoms with E-state index in [-0.39, 0.29) is 11.5 Å². The van der Waals surface area contributed by atoms with Crippen molar-refractivity contribution in [3.63, 3.8) is 0 Å². The van der Waals surface area contributed by atoms with Crippen LogP contribution in [0.1, 0.15) is 58.3 Å². The van der Waals surface area contributed by atoms with E-state index < -0.39 is 15.6 Å². The third kappa shape index (κ3) is 4.13. The molecule has 182 valence electrons. The molecule has 5 rings (SSSR count). The standard InChI is InChI=1S/C25H42O2S3.C2H2/c1-5-23-15-24(27,16-30(2,3)4)22-18-10-11-25(28-12-13-29-25)14-17(18)6-7-19(22)20(23)8-9-21(23)26;1-2/h14,18-22,26-27H,5-13,15-16H2,1-4H3;1-2H. The first kappa shape index (κ1) is 25.4. The highest BCUT2D eigenvalue weighted by Gasteiger charge is 2.65. The van der Waals surface area contributed by atoms with E-state index in [0.29, 0.717) is 27.8 Å². The number of fused-ring (bicyclic) bond motifs is 5. The van der Waals surface area contributed by atoms with Gasteiger partial charge in [-0.2, -0.15) is 0 Å². The van der Waals surface area contributed by atoms with E-state index in [2.05, 4.69) is 68.1 Å². The summed E-state index contributed by atoms with van der Waals surface area (Å²) >= 11 is 4.35. The molecule has 4 aliphatic carbocycles. The highest BCUT2D eigenvalue weighted by molar-refractivity contribution is 8.32. The number of aliphatic hydroxyl groups is 2. The molecular formula is C27H44O2S3. The van der Waals surface area contributed by atoms with E-state index in [0.717, 1.165) is 25.0 Å². The molecule has 4 fully saturated rings. The first-order chi connectivity index (χ1) is 15.1. The van der Waals surface area contributed by atoms with Crippen LogP contribution in [0.3, 0.4) is 0 Å². The maximum absolute atomic E-state index is 12.5. The van der Waals surface area contributed by atoms with E-state index in [4.69, 9.17) is 0 Å². The zero-order valence-corrected chi connectivity index (χ0v) is 23.0. The topological polar surface area (TPSA) is 40.5 Å². The quantitative estimate of drug-likeness (QED) is 0.384. The first-order valence-electron chi connectivity index (χ1n) is 12.5. The normalized spacial score (nSPS) is 45.1. The SMILES string of the molecule is C#C.CCC12CC(O)(CS(C)(C)C)C3C4CCC5(C=C4CCC3C1CCC2O)SCCS5. The van der Waals surface area contributed by atoms with Crippen LogP contribution in [0.2, 0.25) is 0 Å². The Morgan fingerprint density at radius 2 is 1.78 bits per heavy atom. The maximum Gasteiger partial charge on any atom is 0.0794 e. The minimum atomic E-state index is -0.833. The lowest BCUT2D eigenvalue weighted by Gasteiger charge is -2.62. The first-order valence-corrected chi connectivity index (χ1v) is 17.5. The van der Waals surface area contributed by atoms with Gasteiger partial charge >= 0.3 is 0 Å². The summed E-state index contributed by atoms with van der Waals surface area (Å²) < 4.78 is 0.345. The summed E-state index contributed by atoms with van der Waals surface area (Å²) in [6, 6.07) is 0. The maximum atomic E-state index is 12.5. The van der Waals surface area contributed by atoms with Gasteiger partial charge in [0.25, 0.3) is 0 Å². The van der Waals surface area contributed by atoms with Crippen LogP contribution in [-0.4, -0.2) is 62.0 Å². The largest absolute Gasteiger partial charge is 0.393 e. The third-order valence-electron chi connectivity index (χ3n) is 9.39. The van der Waals surface area contributed by atoms with Gasteiger partial charge in [0, 0.05) is 22.7 Å². The van der Waals surface area contributed by atoms with Crippen LogP contribution in [0.25, 0.3) is 0 Å². The molecule has 0 aromatic heterocycles. The Labute approximate surface area is 206 Å². The second-order valence-electron chi connectivity index (χ2n) is 11.9. The lowest BCUT2D eigenvalue weighted by molar-refractivity contribution is -0.176. The lowest BCUT2D eigenvalue weighted by Crippen LogP contribution is -2.63. The molecule has 0 radical (unpaired) electrons. The fourth-order valence-corrected chi connectivity index (χ4v) is 13.6. The molecule has 1 spiro atoms. The van der Waals surface area contributed by atoms with Gasteiger partial charge in [0.05, 0.1) is 15.8 Å². The molecule has 1 heterocycles. The van der Waals surface area contributed by atoms with E-state index in [1.807, 2.05) is 0 Å². The van der Waals surface area contributed by atoms with Gasteiger partial charge in [-0.15, -0.1) is 36.4 Å². The van der Waals surface area contributed by atoms with Crippen LogP contribution >= 0.6 is 33.6 Å². The summed E-state index contributed by atoms with van der Waals surface area (Å²) in [5, 5.41) is 23.7. The van der Waals surface area contributed by atoms with Crippen LogP contribution in [0.5, 0.6) is 0 Å².